The van der Waals surface area contributed by atoms with Crippen LogP contribution in [0.1, 0.15) is 25.0 Å². The van der Waals surface area contributed by atoms with E-state index in [2.05, 4.69) is 152 Å². The maximum atomic E-state index is 6.38. The van der Waals surface area contributed by atoms with E-state index in [0.717, 1.165) is 55.8 Å². The molecule has 0 radical (unpaired) electrons. The van der Waals surface area contributed by atoms with Gasteiger partial charge in [0.15, 0.2) is 5.82 Å². The van der Waals surface area contributed by atoms with Gasteiger partial charge < -0.3 is 8.98 Å². The van der Waals surface area contributed by atoms with Gasteiger partial charge in [0.05, 0.1) is 22.2 Å². The molecule has 0 spiro atoms. The van der Waals surface area contributed by atoms with Crippen LogP contribution >= 0.6 is 0 Å². The minimum absolute atomic E-state index is 0.240. The monoisotopic (exact) mass is 653 g/mol. The van der Waals surface area contributed by atoms with Gasteiger partial charge in [0.25, 0.3) is 0 Å². The molecule has 0 amide bonds. The van der Waals surface area contributed by atoms with Crippen molar-refractivity contribution in [2.75, 3.05) is 0 Å². The highest BCUT2D eigenvalue weighted by atomic mass is 16.3. The highest BCUT2D eigenvalue weighted by molar-refractivity contribution is 6.18. The van der Waals surface area contributed by atoms with Gasteiger partial charge in [-0.2, -0.15) is 0 Å². The number of fused-ring (bicyclic) bond motifs is 12. The number of hydrogen-bond donors (Lipinski definition) is 0. The normalized spacial score (nSPS) is 13.5. The van der Waals surface area contributed by atoms with Gasteiger partial charge in [0.2, 0.25) is 0 Å². The van der Waals surface area contributed by atoms with Crippen LogP contribution in [0, 0.1) is 0 Å². The van der Waals surface area contributed by atoms with E-state index in [9.17, 15) is 0 Å². The third kappa shape index (κ3) is 3.90. The SMILES string of the molecule is CC1(C)c2ccc3oc4ccccc4c3c2-c2ccc3c4ccccc4n(-c4ccc(-c5nc(-c6ccccc6)c6ccccc6n5)cc4)c3c21. The number of furan rings is 1. The predicted molar refractivity (Wildman–Crippen MR) is 210 cm³/mol. The summed E-state index contributed by atoms with van der Waals surface area (Å²) < 4.78 is 8.84. The molecule has 1 aliphatic carbocycles. The molecule has 4 nitrogen and oxygen atoms in total. The maximum Gasteiger partial charge on any atom is 0.160 e. The standard InChI is InChI=1S/C47H31N3O/c1-47(2)36-26-27-40-42(34-16-8-11-19-39(34)51-40)41(36)35-25-24-32-31-14-7-10-18-38(31)50(45(32)43(35)47)30-22-20-29(21-23-30)46-48-37-17-9-6-15-33(37)44(49-46)28-12-4-3-5-13-28/h3-27H,1-2H3. The average molecular weight is 654 g/mol. The predicted octanol–water partition coefficient (Wildman–Crippen LogP) is 12.3. The molecule has 0 unspecified atom stereocenters. The number of aromatic nitrogens is 3. The lowest BCUT2D eigenvalue weighted by Gasteiger charge is -2.23. The fourth-order valence-electron chi connectivity index (χ4n) is 8.70. The van der Waals surface area contributed by atoms with Crippen LogP contribution < -0.4 is 0 Å². The number of rotatable bonds is 3. The van der Waals surface area contributed by atoms with Crippen LogP contribution in [0.5, 0.6) is 0 Å². The van der Waals surface area contributed by atoms with Crippen LogP contribution in [0.15, 0.2) is 156 Å². The topological polar surface area (TPSA) is 43.9 Å². The van der Waals surface area contributed by atoms with Crippen LogP contribution in [-0.4, -0.2) is 14.5 Å². The zero-order chi connectivity index (χ0) is 33.8. The summed E-state index contributed by atoms with van der Waals surface area (Å²) in [6.45, 7) is 4.75. The second kappa shape index (κ2) is 10.3. The summed E-state index contributed by atoms with van der Waals surface area (Å²) in [5, 5.41) is 5.91. The van der Waals surface area contributed by atoms with Crippen LogP contribution in [0.3, 0.4) is 0 Å². The molecule has 0 saturated heterocycles. The Labute approximate surface area is 294 Å². The Bertz CT molecular complexity index is 3040. The minimum Gasteiger partial charge on any atom is -0.456 e. The quantitative estimate of drug-likeness (QED) is 0.191. The Morgan fingerprint density at radius 2 is 1.27 bits per heavy atom. The Kier molecular flexibility index (Phi) is 5.70. The van der Waals surface area contributed by atoms with Crippen molar-refractivity contribution in [3.63, 3.8) is 0 Å². The van der Waals surface area contributed by atoms with Gasteiger partial charge in [-0.05, 0) is 70.8 Å². The first-order chi connectivity index (χ1) is 25.1. The van der Waals surface area contributed by atoms with Crippen molar-refractivity contribution in [2.45, 2.75) is 19.3 Å². The van der Waals surface area contributed by atoms with Gasteiger partial charge >= 0.3 is 0 Å². The first-order valence-electron chi connectivity index (χ1n) is 17.5. The summed E-state index contributed by atoms with van der Waals surface area (Å²) in [5.41, 5.74) is 14.3. The number of para-hydroxylation sites is 3. The average Bonchev–Trinajstić information content (AvgIpc) is 3.80. The van der Waals surface area contributed by atoms with E-state index >= 15 is 0 Å². The molecule has 0 N–H and O–H groups in total. The zero-order valence-electron chi connectivity index (χ0n) is 28.2. The molecule has 0 bridgehead atoms. The van der Waals surface area contributed by atoms with Crippen LogP contribution in [0.25, 0.3) is 94.1 Å². The van der Waals surface area contributed by atoms with Crippen molar-refractivity contribution < 1.29 is 4.42 Å². The summed E-state index contributed by atoms with van der Waals surface area (Å²) in [4.78, 5) is 10.2. The molecule has 0 aliphatic heterocycles. The van der Waals surface area contributed by atoms with E-state index in [1.165, 1.54) is 49.4 Å². The van der Waals surface area contributed by atoms with Crippen molar-refractivity contribution in [1.82, 2.24) is 14.5 Å². The summed E-state index contributed by atoms with van der Waals surface area (Å²) in [5.74, 6) is 0.718. The molecule has 3 aromatic heterocycles. The first-order valence-corrected chi connectivity index (χ1v) is 17.5. The van der Waals surface area contributed by atoms with Gasteiger partial charge in [0, 0.05) is 49.2 Å². The highest BCUT2D eigenvalue weighted by Gasteiger charge is 2.40. The smallest absolute Gasteiger partial charge is 0.160 e. The molecular formula is C47H31N3O. The van der Waals surface area contributed by atoms with Crippen molar-refractivity contribution >= 4 is 54.6 Å². The summed E-state index contributed by atoms with van der Waals surface area (Å²) >= 11 is 0. The van der Waals surface area contributed by atoms with E-state index in [-0.39, 0.29) is 5.41 Å². The molecular weight excluding hydrogens is 623 g/mol. The van der Waals surface area contributed by atoms with Crippen molar-refractivity contribution in [3.8, 4) is 39.5 Å². The van der Waals surface area contributed by atoms with Crippen molar-refractivity contribution in [2.24, 2.45) is 0 Å². The van der Waals surface area contributed by atoms with Crippen molar-refractivity contribution in [3.05, 3.63) is 163 Å². The molecule has 0 saturated carbocycles. The van der Waals surface area contributed by atoms with E-state index in [1.54, 1.807) is 0 Å². The fraction of sp³-hybridized carbons (Fsp3) is 0.0638. The van der Waals surface area contributed by atoms with E-state index in [4.69, 9.17) is 14.4 Å². The molecule has 3 heterocycles. The van der Waals surface area contributed by atoms with Crippen molar-refractivity contribution in [1.29, 1.82) is 0 Å². The summed E-state index contributed by atoms with van der Waals surface area (Å²) in [6.07, 6.45) is 0. The molecule has 240 valence electrons. The Balaban J connectivity index is 1.14. The third-order valence-corrected chi connectivity index (χ3v) is 11.0. The third-order valence-electron chi connectivity index (χ3n) is 11.0. The number of hydrogen-bond acceptors (Lipinski definition) is 3. The lowest BCUT2D eigenvalue weighted by atomic mass is 9.81. The molecule has 0 atom stereocenters. The Morgan fingerprint density at radius 3 is 2.12 bits per heavy atom. The molecule has 0 fully saturated rings. The first kappa shape index (κ1) is 28.3. The molecule has 1 aliphatic rings. The zero-order valence-corrected chi connectivity index (χ0v) is 28.2. The second-order valence-corrected chi connectivity index (χ2v) is 14.1. The van der Waals surface area contributed by atoms with E-state index < -0.39 is 0 Å². The van der Waals surface area contributed by atoms with Gasteiger partial charge in [-0.15, -0.1) is 0 Å². The van der Waals surface area contributed by atoms with Gasteiger partial charge in [-0.3, -0.25) is 0 Å². The van der Waals surface area contributed by atoms with Crippen LogP contribution in [-0.2, 0) is 5.41 Å². The molecule has 7 aromatic carbocycles. The molecule has 11 rings (SSSR count). The Hall–Kier alpha value is -6.52. The Morgan fingerprint density at radius 1 is 0.549 bits per heavy atom. The fourth-order valence-corrected chi connectivity index (χ4v) is 8.70. The largest absolute Gasteiger partial charge is 0.456 e. The van der Waals surface area contributed by atoms with Gasteiger partial charge in [0.1, 0.15) is 11.2 Å². The van der Waals surface area contributed by atoms with Gasteiger partial charge in [-0.1, -0.05) is 117 Å². The van der Waals surface area contributed by atoms with Crippen LogP contribution in [0.2, 0.25) is 0 Å². The maximum absolute atomic E-state index is 6.38. The number of benzene rings is 7. The highest BCUT2D eigenvalue weighted by Crippen LogP contribution is 2.56. The molecule has 4 heteroatoms. The number of nitrogens with zero attached hydrogens (tertiary/aromatic N) is 3. The van der Waals surface area contributed by atoms with E-state index in [1.807, 2.05) is 18.2 Å². The second-order valence-electron chi connectivity index (χ2n) is 14.1. The summed E-state index contributed by atoms with van der Waals surface area (Å²) in [7, 11) is 0. The van der Waals surface area contributed by atoms with Crippen LogP contribution in [0.4, 0.5) is 0 Å². The molecule has 51 heavy (non-hydrogen) atoms. The lowest BCUT2D eigenvalue weighted by molar-refractivity contribution is 0.659. The molecule has 10 aromatic rings. The lowest BCUT2D eigenvalue weighted by Crippen LogP contribution is -2.16. The van der Waals surface area contributed by atoms with Gasteiger partial charge in [-0.25, -0.2) is 9.97 Å². The summed E-state index contributed by atoms with van der Waals surface area (Å²) in [6, 6.07) is 53.7. The van der Waals surface area contributed by atoms with E-state index in [0.29, 0.717) is 0 Å². The minimum atomic E-state index is -0.240.